The molecule has 0 saturated heterocycles. The summed E-state index contributed by atoms with van der Waals surface area (Å²) in [5.41, 5.74) is 0.202. The third-order valence-electron chi connectivity index (χ3n) is 10.6. The van der Waals surface area contributed by atoms with E-state index < -0.39 is 12.2 Å². The van der Waals surface area contributed by atoms with E-state index in [9.17, 15) is 15.0 Å². The van der Waals surface area contributed by atoms with E-state index in [1.54, 1.807) is 0 Å². The van der Waals surface area contributed by atoms with Gasteiger partial charge in [-0.2, -0.15) is 0 Å². The molecule has 10 atom stereocenters. The van der Waals surface area contributed by atoms with Gasteiger partial charge in [0.25, 0.3) is 0 Å². The summed E-state index contributed by atoms with van der Waals surface area (Å²) in [6.07, 6.45) is 15.4. The monoisotopic (exact) mass is 430 g/mol. The highest BCUT2D eigenvalue weighted by Crippen LogP contribution is 2.67. The molecule has 4 rings (SSSR count). The van der Waals surface area contributed by atoms with Crippen molar-refractivity contribution in [2.45, 2.75) is 111 Å². The molecular weight excluding hydrogens is 384 g/mol. The van der Waals surface area contributed by atoms with Gasteiger partial charge in [-0.05, 0) is 91.8 Å². The minimum absolute atomic E-state index is 0.0568. The van der Waals surface area contributed by atoms with Crippen LogP contribution in [0.4, 0.5) is 0 Å². The summed E-state index contributed by atoms with van der Waals surface area (Å²) >= 11 is 0. The summed E-state index contributed by atoms with van der Waals surface area (Å²) in [7, 11) is 0. The second kappa shape index (κ2) is 8.93. The highest BCUT2D eigenvalue weighted by molar-refractivity contribution is 5.83. The fraction of sp³-hybridized carbons (Fsp3) is 0.893. The first-order chi connectivity index (χ1) is 14.7. The lowest BCUT2D eigenvalue weighted by Crippen LogP contribution is -2.59. The average molecular weight is 431 g/mol. The van der Waals surface area contributed by atoms with Crippen molar-refractivity contribution in [1.29, 1.82) is 0 Å². The number of fused-ring (bicyclic) bond motifs is 5. The molecule has 3 heteroatoms. The molecule has 0 aromatic carbocycles. The average Bonchev–Trinajstić information content (AvgIpc) is 3.07. The molecule has 0 amide bonds. The van der Waals surface area contributed by atoms with Crippen LogP contribution in [-0.2, 0) is 4.79 Å². The fourth-order valence-corrected chi connectivity index (χ4v) is 8.93. The van der Waals surface area contributed by atoms with E-state index in [0.717, 1.165) is 5.92 Å². The van der Waals surface area contributed by atoms with Gasteiger partial charge in [-0.25, -0.2) is 0 Å². The summed E-state index contributed by atoms with van der Waals surface area (Å²) in [5.74, 6) is 3.28. The standard InChI is InChI=1S/C28H46O3/c1-5-6-7-8-9-10-18(2)20-11-12-21-19-15-24(29)23-16-25(30)26(31)17-28(23,4)22(19)13-14-27(20,21)3/h9-10,18-23,25-26,30-31H,5-8,11-17H2,1-4H3/b10-9+/t18-,19?,20-,21?,22?,23-,25-,26?,27-,28-/m1/s1. The van der Waals surface area contributed by atoms with Gasteiger partial charge >= 0.3 is 0 Å². The first-order valence-electron chi connectivity index (χ1n) is 13.3. The SMILES string of the molecule is CCCCC/C=C/[C@@H](C)[C@H]1CCC2C3CC(=O)[C@H]4C[C@@H](O)C(O)C[C@]4(C)C3CC[C@@]21C. The Morgan fingerprint density at radius 1 is 1.06 bits per heavy atom. The number of carbonyl (C=O) groups excluding carboxylic acids is 1. The lowest BCUT2D eigenvalue weighted by atomic mass is 9.44. The zero-order valence-corrected chi connectivity index (χ0v) is 20.4. The number of aliphatic hydroxyl groups is 2. The number of unbranched alkanes of at least 4 members (excludes halogenated alkanes) is 3. The van der Waals surface area contributed by atoms with Crippen LogP contribution in [0.2, 0.25) is 0 Å². The Morgan fingerprint density at radius 2 is 1.81 bits per heavy atom. The molecule has 0 heterocycles. The topological polar surface area (TPSA) is 57.5 Å². The van der Waals surface area contributed by atoms with E-state index in [-0.39, 0.29) is 11.3 Å². The summed E-state index contributed by atoms with van der Waals surface area (Å²) in [5, 5.41) is 20.7. The molecule has 0 aromatic heterocycles. The fourth-order valence-electron chi connectivity index (χ4n) is 8.93. The first-order valence-corrected chi connectivity index (χ1v) is 13.3. The molecule has 176 valence electrons. The van der Waals surface area contributed by atoms with E-state index in [4.69, 9.17) is 0 Å². The lowest BCUT2D eigenvalue weighted by Gasteiger charge is -2.60. The van der Waals surface area contributed by atoms with E-state index >= 15 is 0 Å². The number of hydrogen-bond donors (Lipinski definition) is 2. The van der Waals surface area contributed by atoms with Crippen LogP contribution in [0.25, 0.3) is 0 Å². The van der Waals surface area contributed by atoms with Gasteiger partial charge in [0.15, 0.2) is 0 Å². The predicted molar refractivity (Wildman–Crippen MR) is 125 cm³/mol. The lowest BCUT2D eigenvalue weighted by molar-refractivity contribution is -0.173. The Bertz CT molecular complexity index is 686. The Labute approximate surface area is 190 Å². The van der Waals surface area contributed by atoms with Crippen LogP contribution >= 0.6 is 0 Å². The van der Waals surface area contributed by atoms with Crippen molar-refractivity contribution < 1.29 is 15.0 Å². The molecule has 4 saturated carbocycles. The molecule has 4 fully saturated rings. The zero-order valence-electron chi connectivity index (χ0n) is 20.4. The van der Waals surface area contributed by atoms with Crippen LogP contribution in [-0.4, -0.2) is 28.2 Å². The van der Waals surface area contributed by atoms with Gasteiger partial charge < -0.3 is 10.2 Å². The second-order valence-corrected chi connectivity index (χ2v) is 12.2. The number of Topliss-reactive ketones (excluding diaryl/α,β-unsaturated/α-hetero) is 1. The van der Waals surface area contributed by atoms with Gasteiger partial charge in [0.2, 0.25) is 0 Å². The number of ketones is 1. The molecule has 4 unspecified atom stereocenters. The normalized spacial score (nSPS) is 48.3. The Balaban J connectivity index is 1.50. The molecule has 31 heavy (non-hydrogen) atoms. The van der Waals surface area contributed by atoms with Crippen molar-refractivity contribution in [3.05, 3.63) is 12.2 Å². The van der Waals surface area contributed by atoms with E-state index in [2.05, 4.69) is 39.8 Å². The van der Waals surface area contributed by atoms with E-state index in [1.165, 1.54) is 51.4 Å². The summed E-state index contributed by atoms with van der Waals surface area (Å²) in [6.45, 7) is 9.48. The van der Waals surface area contributed by atoms with Crippen LogP contribution in [0.1, 0.15) is 98.3 Å². The van der Waals surface area contributed by atoms with Gasteiger partial charge in [0, 0.05) is 12.3 Å². The van der Waals surface area contributed by atoms with Crippen molar-refractivity contribution >= 4 is 5.78 Å². The van der Waals surface area contributed by atoms with Crippen molar-refractivity contribution in [2.24, 2.45) is 46.3 Å². The van der Waals surface area contributed by atoms with Crippen LogP contribution in [0, 0.1) is 46.3 Å². The summed E-state index contributed by atoms with van der Waals surface area (Å²) in [6, 6.07) is 0. The molecule has 4 aliphatic rings. The number of rotatable bonds is 6. The number of allylic oxidation sites excluding steroid dienone is 2. The summed E-state index contributed by atoms with van der Waals surface area (Å²) in [4.78, 5) is 13.3. The molecule has 0 aromatic rings. The van der Waals surface area contributed by atoms with Gasteiger partial charge in [-0.1, -0.05) is 52.7 Å². The number of carbonyl (C=O) groups is 1. The van der Waals surface area contributed by atoms with Gasteiger partial charge in [-0.15, -0.1) is 0 Å². The quantitative estimate of drug-likeness (QED) is 0.406. The minimum Gasteiger partial charge on any atom is -0.390 e. The van der Waals surface area contributed by atoms with E-state index in [0.29, 0.717) is 54.1 Å². The maximum atomic E-state index is 13.3. The van der Waals surface area contributed by atoms with Crippen LogP contribution < -0.4 is 0 Å². The Hall–Kier alpha value is -0.670. The minimum atomic E-state index is -0.728. The molecule has 2 N–H and O–H groups in total. The van der Waals surface area contributed by atoms with Crippen LogP contribution in [0.15, 0.2) is 12.2 Å². The molecule has 3 nitrogen and oxygen atoms in total. The molecule has 0 bridgehead atoms. The second-order valence-electron chi connectivity index (χ2n) is 12.2. The largest absolute Gasteiger partial charge is 0.390 e. The molecule has 0 radical (unpaired) electrons. The highest BCUT2D eigenvalue weighted by atomic mass is 16.3. The third-order valence-corrected chi connectivity index (χ3v) is 10.6. The van der Waals surface area contributed by atoms with Gasteiger partial charge in [-0.3, -0.25) is 4.79 Å². The molecule has 4 aliphatic carbocycles. The molecular formula is C28H46O3. The molecule has 0 spiro atoms. The Kier molecular flexibility index (Phi) is 6.77. The Morgan fingerprint density at radius 3 is 2.55 bits per heavy atom. The van der Waals surface area contributed by atoms with E-state index in [1.807, 2.05) is 0 Å². The van der Waals surface area contributed by atoms with Gasteiger partial charge in [0.1, 0.15) is 5.78 Å². The van der Waals surface area contributed by atoms with Crippen molar-refractivity contribution in [1.82, 2.24) is 0 Å². The van der Waals surface area contributed by atoms with Crippen molar-refractivity contribution in [3.8, 4) is 0 Å². The first kappa shape index (κ1) is 23.5. The maximum Gasteiger partial charge on any atom is 0.136 e. The van der Waals surface area contributed by atoms with Gasteiger partial charge in [0.05, 0.1) is 12.2 Å². The maximum absolute atomic E-state index is 13.3. The highest BCUT2D eigenvalue weighted by Gasteiger charge is 2.63. The van der Waals surface area contributed by atoms with Crippen molar-refractivity contribution in [2.75, 3.05) is 0 Å². The third kappa shape index (κ3) is 3.97. The zero-order chi connectivity index (χ0) is 22.4. The predicted octanol–water partition coefficient (Wildman–Crippen LogP) is 5.93. The smallest absolute Gasteiger partial charge is 0.136 e. The van der Waals surface area contributed by atoms with Crippen LogP contribution in [0.3, 0.4) is 0 Å². The van der Waals surface area contributed by atoms with Crippen molar-refractivity contribution in [3.63, 3.8) is 0 Å². The van der Waals surface area contributed by atoms with Crippen LogP contribution in [0.5, 0.6) is 0 Å². The molecule has 0 aliphatic heterocycles. The summed E-state index contributed by atoms with van der Waals surface area (Å²) < 4.78 is 0. The number of aliphatic hydroxyl groups excluding tert-OH is 2. The number of hydrogen-bond acceptors (Lipinski definition) is 3.